The van der Waals surface area contributed by atoms with Gasteiger partial charge in [-0.05, 0) is 24.3 Å². The zero-order valence-electron chi connectivity index (χ0n) is 13.4. The molecule has 0 aliphatic heterocycles. The van der Waals surface area contributed by atoms with Crippen molar-refractivity contribution in [3.05, 3.63) is 64.2 Å². The molecule has 0 bridgehead atoms. The minimum absolute atomic E-state index is 0.0431. The van der Waals surface area contributed by atoms with Crippen molar-refractivity contribution >= 4 is 17.7 Å². The number of ether oxygens (including phenoxy) is 3. The molecule has 9 heteroatoms. The van der Waals surface area contributed by atoms with E-state index in [4.69, 9.17) is 9.47 Å². The first-order valence-corrected chi connectivity index (χ1v) is 7.17. The van der Waals surface area contributed by atoms with Crippen molar-refractivity contribution in [2.24, 2.45) is 0 Å². The maximum Gasteiger partial charge on any atom is 0.387 e. The van der Waals surface area contributed by atoms with Crippen LogP contribution < -0.4 is 14.2 Å². The number of carbonyl (C=O) groups excluding carboxylic acids is 1. The lowest BCUT2D eigenvalue weighted by atomic mass is 10.1. The number of nitro benzene ring substituents is 1. The molecule has 0 saturated carbocycles. The first-order chi connectivity index (χ1) is 12.4. The number of hydrogen-bond acceptors (Lipinski definition) is 6. The fourth-order valence-electron chi connectivity index (χ4n) is 2.00. The number of halogens is 2. The molecule has 2 aromatic rings. The molecule has 0 heterocycles. The van der Waals surface area contributed by atoms with Crippen LogP contribution in [0, 0.1) is 10.1 Å². The molecule has 136 valence electrons. The van der Waals surface area contributed by atoms with Gasteiger partial charge in [0, 0.05) is 6.08 Å². The van der Waals surface area contributed by atoms with E-state index in [1.165, 1.54) is 7.11 Å². The minimum atomic E-state index is -3.18. The summed E-state index contributed by atoms with van der Waals surface area (Å²) in [6, 6.07) is 10.1. The summed E-state index contributed by atoms with van der Waals surface area (Å²) in [5, 5.41) is 11.2. The van der Waals surface area contributed by atoms with Crippen molar-refractivity contribution in [1.29, 1.82) is 0 Å². The standard InChI is InChI=1S/C17H13F2NO6/c1-24-14-9-11(13(20(22)23)10-15(14)26-17(18)19)7-8-16(21)25-12-5-3-2-4-6-12/h2-10,17H,1H3/b8-7+. The van der Waals surface area contributed by atoms with Gasteiger partial charge in [0.2, 0.25) is 0 Å². The van der Waals surface area contributed by atoms with Crippen LogP contribution in [0.25, 0.3) is 6.08 Å². The summed E-state index contributed by atoms with van der Waals surface area (Å²) in [7, 11) is 1.19. The van der Waals surface area contributed by atoms with Gasteiger partial charge in [-0.25, -0.2) is 4.79 Å². The van der Waals surface area contributed by atoms with Crippen molar-refractivity contribution in [3.63, 3.8) is 0 Å². The summed E-state index contributed by atoms with van der Waals surface area (Å²) in [5.74, 6) is -1.10. The Morgan fingerprint density at radius 2 is 1.88 bits per heavy atom. The average Bonchev–Trinajstić information content (AvgIpc) is 2.60. The molecule has 0 aliphatic carbocycles. The monoisotopic (exact) mass is 365 g/mol. The molecule has 2 aromatic carbocycles. The number of carbonyl (C=O) groups is 1. The molecule has 0 unspecified atom stereocenters. The second kappa shape index (κ2) is 8.56. The molecule has 26 heavy (non-hydrogen) atoms. The molecule has 2 rings (SSSR count). The zero-order valence-corrected chi connectivity index (χ0v) is 13.4. The van der Waals surface area contributed by atoms with Crippen LogP contribution in [-0.2, 0) is 4.79 Å². The molecule has 0 aliphatic rings. The third-order valence-corrected chi connectivity index (χ3v) is 3.09. The van der Waals surface area contributed by atoms with Gasteiger partial charge in [0.15, 0.2) is 11.5 Å². The number of nitrogens with zero attached hydrogens (tertiary/aromatic N) is 1. The average molecular weight is 365 g/mol. The van der Waals surface area contributed by atoms with E-state index in [9.17, 15) is 23.7 Å². The quantitative estimate of drug-likeness (QED) is 0.244. The Hall–Kier alpha value is -3.49. The summed E-state index contributed by atoms with van der Waals surface area (Å²) in [6.45, 7) is -3.18. The highest BCUT2D eigenvalue weighted by Crippen LogP contribution is 2.36. The van der Waals surface area contributed by atoms with Gasteiger partial charge in [0.1, 0.15) is 5.75 Å². The second-order valence-electron chi connectivity index (χ2n) is 4.76. The normalized spacial score (nSPS) is 10.8. The number of nitro groups is 1. The van der Waals surface area contributed by atoms with E-state index in [2.05, 4.69) is 4.74 Å². The maximum atomic E-state index is 12.4. The number of benzene rings is 2. The van der Waals surface area contributed by atoms with Gasteiger partial charge in [0.05, 0.1) is 23.7 Å². The third kappa shape index (κ3) is 5.00. The van der Waals surface area contributed by atoms with Crippen LogP contribution in [0.2, 0.25) is 0 Å². The van der Waals surface area contributed by atoms with E-state index < -0.39 is 28.9 Å². The Morgan fingerprint density at radius 3 is 2.46 bits per heavy atom. The summed E-state index contributed by atoms with van der Waals surface area (Å²) < 4.78 is 38.9. The fraction of sp³-hybridized carbons (Fsp3) is 0.118. The highest BCUT2D eigenvalue weighted by Gasteiger charge is 2.20. The van der Waals surface area contributed by atoms with E-state index in [1.54, 1.807) is 30.3 Å². The third-order valence-electron chi connectivity index (χ3n) is 3.09. The van der Waals surface area contributed by atoms with Crippen LogP contribution in [0.4, 0.5) is 14.5 Å². The van der Waals surface area contributed by atoms with Gasteiger partial charge < -0.3 is 14.2 Å². The topological polar surface area (TPSA) is 87.9 Å². The number of para-hydroxylation sites is 1. The highest BCUT2D eigenvalue weighted by atomic mass is 19.3. The summed E-state index contributed by atoms with van der Waals surface area (Å²) in [4.78, 5) is 22.2. The van der Waals surface area contributed by atoms with E-state index >= 15 is 0 Å². The molecule has 7 nitrogen and oxygen atoms in total. The minimum Gasteiger partial charge on any atom is -0.493 e. The fourth-order valence-corrected chi connectivity index (χ4v) is 2.00. The molecule has 0 fully saturated rings. The first kappa shape index (κ1) is 18.8. The van der Waals surface area contributed by atoms with Gasteiger partial charge >= 0.3 is 12.6 Å². The van der Waals surface area contributed by atoms with Crippen LogP contribution in [0.1, 0.15) is 5.56 Å². The molecule has 0 saturated heterocycles. The van der Waals surface area contributed by atoms with Gasteiger partial charge in [-0.3, -0.25) is 10.1 Å². The lowest BCUT2D eigenvalue weighted by molar-refractivity contribution is -0.385. The predicted molar refractivity (Wildman–Crippen MR) is 87.4 cm³/mol. The van der Waals surface area contributed by atoms with Crippen molar-refractivity contribution in [1.82, 2.24) is 0 Å². The van der Waals surface area contributed by atoms with Gasteiger partial charge in [-0.2, -0.15) is 8.78 Å². The van der Waals surface area contributed by atoms with Crippen molar-refractivity contribution < 1.29 is 32.7 Å². The number of hydrogen-bond donors (Lipinski definition) is 0. The maximum absolute atomic E-state index is 12.4. The van der Waals surface area contributed by atoms with Crippen molar-refractivity contribution in [2.45, 2.75) is 6.61 Å². The van der Waals surface area contributed by atoms with Gasteiger partial charge in [-0.1, -0.05) is 18.2 Å². The largest absolute Gasteiger partial charge is 0.493 e. The predicted octanol–water partition coefficient (Wildman–Crippen LogP) is 3.82. The smallest absolute Gasteiger partial charge is 0.387 e. The number of esters is 1. The number of methoxy groups -OCH3 is 1. The lowest BCUT2D eigenvalue weighted by Crippen LogP contribution is -2.05. The molecule has 0 amide bonds. The molecule has 0 atom stereocenters. The Balaban J connectivity index is 2.29. The highest BCUT2D eigenvalue weighted by molar-refractivity contribution is 5.89. The Morgan fingerprint density at radius 1 is 1.19 bits per heavy atom. The van der Waals surface area contributed by atoms with E-state index in [-0.39, 0.29) is 11.3 Å². The SMILES string of the molecule is COc1cc(/C=C/C(=O)Oc2ccccc2)c([N+](=O)[O-])cc1OC(F)F. The molecular weight excluding hydrogens is 352 g/mol. The molecular formula is C17H13F2NO6. The molecule has 0 spiro atoms. The first-order valence-electron chi connectivity index (χ1n) is 7.17. The summed E-state index contributed by atoms with van der Waals surface area (Å²) in [5.41, 5.74) is -0.580. The van der Waals surface area contributed by atoms with Crippen LogP contribution in [-0.4, -0.2) is 24.6 Å². The van der Waals surface area contributed by atoms with E-state index in [1.807, 2.05) is 0 Å². The second-order valence-corrected chi connectivity index (χ2v) is 4.76. The Labute approximate surface area is 146 Å². The van der Waals surface area contributed by atoms with Crippen LogP contribution in [0.15, 0.2) is 48.5 Å². The van der Waals surface area contributed by atoms with Gasteiger partial charge in [0.25, 0.3) is 5.69 Å². The van der Waals surface area contributed by atoms with Crippen LogP contribution in [0.5, 0.6) is 17.2 Å². The summed E-state index contributed by atoms with van der Waals surface area (Å²) in [6.07, 6.45) is 2.10. The van der Waals surface area contributed by atoms with Crippen LogP contribution >= 0.6 is 0 Å². The van der Waals surface area contributed by atoms with Gasteiger partial charge in [-0.15, -0.1) is 0 Å². The lowest BCUT2D eigenvalue weighted by Gasteiger charge is -2.10. The molecule has 0 radical (unpaired) electrons. The Bertz CT molecular complexity index is 824. The van der Waals surface area contributed by atoms with E-state index in [0.717, 1.165) is 24.3 Å². The number of alkyl halides is 2. The summed E-state index contributed by atoms with van der Waals surface area (Å²) >= 11 is 0. The zero-order chi connectivity index (χ0) is 19.1. The van der Waals surface area contributed by atoms with Crippen LogP contribution in [0.3, 0.4) is 0 Å². The van der Waals surface area contributed by atoms with E-state index in [0.29, 0.717) is 5.75 Å². The van der Waals surface area contributed by atoms with Crippen molar-refractivity contribution in [2.75, 3.05) is 7.11 Å². The number of rotatable bonds is 7. The van der Waals surface area contributed by atoms with Crippen molar-refractivity contribution in [3.8, 4) is 17.2 Å². The molecule has 0 N–H and O–H groups in total. The molecule has 0 aromatic heterocycles. The Kier molecular flexibility index (Phi) is 6.20.